The maximum absolute atomic E-state index is 8.71. The van der Waals surface area contributed by atoms with Crippen molar-refractivity contribution in [2.24, 2.45) is 0 Å². The zero-order valence-corrected chi connectivity index (χ0v) is 7.22. The number of hydrogen-bond acceptors (Lipinski definition) is 2. The molecule has 0 aliphatic heterocycles. The molecular formula is C8H19NO. The highest BCUT2D eigenvalue weighted by Crippen LogP contribution is 1.97. The Balaban J connectivity index is 3.41. The first-order valence-electron chi connectivity index (χ1n) is 4.11. The fourth-order valence-corrected chi connectivity index (χ4v) is 0.979. The number of aliphatic hydroxyl groups is 1. The summed E-state index contributed by atoms with van der Waals surface area (Å²) in [6, 6.07) is 0.812. The maximum Gasteiger partial charge on any atom is 0.0582 e. The molecule has 0 heterocycles. The second-order valence-corrected chi connectivity index (χ2v) is 2.76. The first-order chi connectivity index (χ1) is 4.74. The molecule has 0 spiro atoms. The van der Waals surface area contributed by atoms with Gasteiger partial charge < -0.3 is 10.4 Å². The lowest BCUT2D eigenvalue weighted by Gasteiger charge is -2.18. The fraction of sp³-hybridized carbons (Fsp3) is 1.00. The minimum atomic E-state index is 0.233. The van der Waals surface area contributed by atoms with Crippen LogP contribution >= 0.6 is 0 Å². The Labute approximate surface area is 63.6 Å². The lowest BCUT2D eigenvalue weighted by molar-refractivity contribution is 0.238. The molecule has 0 aromatic rings. The quantitative estimate of drug-likeness (QED) is 0.608. The van der Waals surface area contributed by atoms with Crippen molar-refractivity contribution in [3.8, 4) is 0 Å². The molecule has 0 bridgehead atoms. The molecule has 0 aromatic carbocycles. The van der Waals surface area contributed by atoms with E-state index < -0.39 is 0 Å². The summed E-state index contributed by atoms with van der Waals surface area (Å²) < 4.78 is 0. The van der Waals surface area contributed by atoms with Gasteiger partial charge in [-0.25, -0.2) is 0 Å². The lowest BCUT2D eigenvalue weighted by atomic mass is 10.1. The van der Waals surface area contributed by atoms with Gasteiger partial charge in [0.15, 0.2) is 0 Å². The number of nitrogens with one attached hydrogen (secondary N) is 1. The van der Waals surface area contributed by atoms with Crippen molar-refractivity contribution in [2.75, 3.05) is 6.61 Å². The first kappa shape index (κ1) is 9.92. The molecular weight excluding hydrogens is 126 g/mol. The Morgan fingerprint density at radius 1 is 1.30 bits per heavy atom. The third kappa shape index (κ3) is 3.85. The molecule has 0 saturated carbocycles. The van der Waals surface area contributed by atoms with Gasteiger partial charge in [-0.05, 0) is 19.8 Å². The smallest absolute Gasteiger partial charge is 0.0582 e. The second kappa shape index (κ2) is 5.69. The van der Waals surface area contributed by atoms with Crippen LogP contribution in [0.25, 0.3) is 0 Å². The van der Waals surface area contributed by atoms with E-state index in [1.807, 2.05) is 6.92 Å². The summed E-state index contributed by atoms with van der Waals surface area (Å²) >= 11 is 0. The highest BCUT2D eigenvalue weighted by atomic mass is 16.3. The number of hydrogen-bond donors (Lipinski definition) is 2. The Hall–Kier alpha value is -0.0800. The predicted octanol–water partition coefficient (Wildman–Crippen LogP) is 1.15. The van der Waals surface area contributed by atoms with Gasteiger partial charge in [-0.1, -0.05) is 13.8 Å². The summed E-state index contributed by atoms with van der Waals surface area (Å²) in [5.74, 6) is 0. The predicted molar refractivity (Wildman–Crippen MR) is 44.1 cm³/mol. The SMILES string of the molecule is CCC(CC)NC(C)CO. The van der Waals surface area contributed by atoms with Gasteiger partial charge in [0.05, 0.1) is 6.61 Å². The molecule has 0 rings (SSSR count). The molecule has 1 atom stereocenters. The van der Waals surface area contributed by atoms with Crippen LogP contribution in [0.4, 0.5) is 0 Å². The monoisotopic (exact) mass is 145 g/mol. The summed E-state index contributed by atoms with van der Waals surface area (Å²) in [7, 11) is 0. The van der Waals surface area contributed by atoms with E-state index in [2.05, 4.69) is 19.2 Å². The lowest BCUT2D eigenvalue weighted by Crippen LogP contribution is -2.37. The van der Waals surface area contributed by atoms with Crippen molar-refractivity contribution >= 4 is 0 Å². The molecule has 2 heteroatoms. The zero-order chi connectivity index (χ0) is 7.98. The van der Waals surface area contributed by atoms with Gasteiger partial charge in [0.25, 0.3) is 0 Å². The molecule has 0 radical (unpaired) electrons. The largest absolute Gasteiger partial charge is 0.395 e. The van der Waals surface area contributed by atoms with E-state index in [-0.39, 0.29) is 12.6 Å². The summed E-state index contributed by atoms with van der Waals surface area (Å²) in [5, 5.41) is 12.0. The van der Waals surface area contributed by atoms with Gasteiger partial charge in [0.1, 0.15) is 0 Å². The highest BCUT2D eigenvalue weighted by Gasteiger charge is 2.05. The number of rotatable bonds is 5. The summed E-state index contributed by atoms with van der Waals surface area (Å²) in [4.78, 5) is 0. The minimum Gasteiger partial charge on any atom is -0.395 e. The van der Waals surface area contributed by atoms with Crippen molar-refractivity contribution in [3.05, 3.63) is 0 Å². The van der Waals surface area contributed by atoms with Crippen LogP contribution in [0.2, 0.25) is 0 Å². The average molecular weight is 145 g/mol. The van der Waals surface area contributed by atoms with Gasteiger partial charge in [-0.2, -0.15) is 0 Å². The van der Waals surface area contributed by atoms with Gasteiger partial charge in [-0.3, -0.25) is 0 Å². The van der Waals surface area contributed by atoms with Crippen LogP contribution in [0, 0.1) is 0 Å². The molecule has 0 aromatic heterocycles. The molecule has 0 saturated heterocycles. The van der Waals surface area contributed by atoms with Gasteiger partial charge in [0.2, 0.25) is 0 Å². The summed E-state index contributed by atoms with van der Waals surface area (Å²) in [5.41, 5.74) is 0. The fourth-order valence-electron chi connectivity index (χ4n) is 0.979. The van der Waals surface area contributed by atoms with Crippen LogP contribution in [-0.4, -0.2) is 23.8 Å². The minimum absolute atomic E-state index is 0.233. The van der Waals surface area contributed by atoms with Crippen molar-refractivity contribution in [1.82, 2.24) is 5.32 Å². The molecule has 0 aliphatic carbocycles. The second-order valence-electron chi connectivity index (χ2n) is 2.76. The van der Waals surface area contributed by atoms with Crippen molar-refractivity contribution in [1.29, 1.82) is 0 Å². The van der Waals surface area contributed by atoms with E-state index in [4.69, 9.17) is 5.11 Å². The molecule has 2 nitrogen and oxygen atoms in total. The van der Waals surface area contributed by atoms with Crippen LogP contribution < -0.4 is 5.32 Å². The topological polar surface area (TPSA) is 32.3 Å². The van der Waals surface area contributed by atoms with Gasteiger partial charge in [-0.15, -0.1) is 0 Å². The van der Waals surface area contributed by atoms with Crippen molar-refractivity contribution < 1.29 is 5.11 Å². The Kier molecular flexibility index (Phi) is 5.64. The van der Waals surface area contributed by atoms with E-state index in [0.717, 1.165) is 12.8 Å². The van der Waals surface area contributed by atoms with Gasteiger partial charge >= 0.3 is 0 Å². The molecule has 0 aliphatic rings. The van der Waals surface area contributed by atoms with E-state index in [1.165, 1.54) is 0 Å². The van der Waals surface area contributed by atoms with Crippen molar-refractivity contribution in [3.63, 3.8) is 0 Å². The standard InChI is InChI=1S/C8H19NO/c1-4-8(5-2)9-7(3)6-10/h7-10H,4-6H2,1-3H3. The van der Waals surface area contributed by atoms with Crippen LogP contribution in [0.3, 0.4) is 0 Å². The molecule has 0 amide bonds. The Bertz CT molecular complexity index is 71.7. The third-order valence-electron chi connectivity index (χ3n) is 1.78. The zero-order valence-electron chi connectivity index (χ0n) is 7.22. The molecule has 10 heavy (non-hydrogen) atoms. The van der Waals surface area contributed by atoms with Crippen LogP contribution in [0.1, 0.15) is 33.6 Å². The Morgan fingerprint density at radius 3 is 2.10 bits per heavy atom. The molecule has 0 fully saturated rings. The normalized spacial score (nSPS) is 14.1. The molecule has 62 valence electrons. The van der Waals surface area contributed by atoms with E-state index in [1.54, 1.807) is 0 Å². The third-order valence-corrected chi connectivity index (χ3v) is 1.78. The van der Waals surface area contributed by atoms with Crippen molar-refractivity contribution in [2.45, 2.75) is 45.7 Å². The Morgan fingerprint density at radius 2 is 1.80 bits per heavy atom. The van der Waals surface area contributed by atoms with E-state index in [9.17, 15) is 0 Å². The highest BCUT2D eigenvalue weighted by molar-refractivity contribution is 4.67. The van der Waals surface area contributed by atoms with E-state index >= 15 is 0 Å². The van der Waals surface area contributed by atoms with E-state index in [0.29, 0.717) is 6.04 Å². The summed E-state index contributed by atoms with van der Waals surface area (Å²) in [6.07, 6.45) is 2.28. The first-order valence-corrected chi connectivity index (χ1v) is 4.11. The molecule has 1 unspecified atom stereocenters. The van der Waals surface area contributed by atoms with Crippen LogP contribution in [0.5, 0.6) is 0 Å². The summed E-state index contributed by atoms with van der Waals surface area (Å²) in [6.45, 7) is 6.55. The average Bonchev–Trinajstić information content (AvgIpc) is 1.99. The number of aliphatic hydroxyl groups excluding tert-OH is 1. The van der Waals surface area contributed by atoms with Crippen LogP contribution in [-0.2, 0) is 0 Å². The molecule has 2 N–H and O–H groups in total. The van der Waals surface area contributed by atoms with Gasteiger partial charge in [0, 0.05) is 12.1 Å². The van der Waals surface area contributed by atoms with Crippen LogP contribution in [0.15, 0.2) is 0 Å². The maximum atomic E-state index is 8.71.